The Morgan fingerprint density at radius 3 is 2.44 bits per heavy atom. The van der Waals surface area contributed by atoms with Gasteiger partial charge in [0.05, 0.1) is 10.6 Å². The first-order valence-electron chi connectivity index (χ1n) is 5.78. The topological polar surface area (TPSA) is 32.3 Å². The maximum atomic E-state index is 4.03. The number of hydrogen-bond donors (Lipinski definition) is 0. The van der Waals surface area contributed by atoms with Gasteiger partial charge >= 0.3 is 0 Å². The summed E-state index contributed by atoms with van der Waals surface area (Å²) >= 11 is 1.51. The Bertz CT molecular complexity index is 300. The van der Waals surface area contributed by atoms with E-state index in [1.807, 2.05) is 6.92 Å². The fourth-order valence-corrected chi connectivity index (χ4v) is 2.20. The molecule has 0 saturated carbocycles. The van der Waals surface area contributed by atoms with E-state index in [1.54, 1.807) is 0 Å². The SMILES string of the molecule is CCN(C)CCCN(C)Cc1snnc1C. The van der Waals surface area contributed by atoms with Crippen LogP contribution >= 0.6 is 11.5 Å². The highest BCUT2D eigenvalue weighted by molar-refractivity contribution is 7.05. The third-order valence-electron chi connectivity index (χ3n) is 2.78. The van der Waals surface area contributed by atoms with Crippen molar-refractivity contribution in [2.75, 3.05) is 33.7 Å². The maximum Gasteiger partial charge on any atom is 0.0769 e. The van der Waals surface area contributed by atoms with Crippen LogP contribution in [0.25, 0.3) is 0 Å². The zero-order chi connectivity index (χ0) is 12.0. The fourth-order valence-electron chi connectivity index (χ4n) is 1.49. The van der Waals surface area contributed by atoms with E-state index in [9.17, 15) is 0 Å². The number of aromatic nitrogens is 2. The van der Waals surface area contributed by atoms with Crippen LogP contribution in [0.1, 0.15) is 23.9 Å². The summed E-state index contributed by atoms with van der Waals surface area (Å²) in [4.78, 5) is 5.96. The van der Waals surface area contributed by atoms with Crippen molar-refractivity contribution in [1.29, 1.82) is 0 Å². The maximum absolute atomic E-state index is 4.03. The molecule has 1 heterocycles. The summed E-state index contributed by atoms with van der Waals surface area (Å²) in [5.74, 6) is 0. The van der Waals surface area contributed by atoms with Crippen molar-refractivity contribution in [3.63, 3.8) is 0 Å². The van der Waals surface area contributed by atoms with Crippen molar-refractivity contribution >= 4 is 11.5 Å². The molecule has 0 aliphatic rings. The highest BCUT2D eigenvalue weighted by Gasteiger charge is 2.06. The lowest BCUT2D eigenvalue weighted by atomic mass is 10.3. The van der Waals surface area contributed by atoms with Crippen LogP contribution < -0.4 is 0 Å². The molecule has 16 heavy (non-hydrogen) atoms. The normalized spacial score (nSPS) is 11.6. The summed E-state index contributed by atoms with van der Waals surface area (Å²) in [5.41, 5.74) is 1.07. The lowest BCUT2D eigenvalue weighted by Gasteiger charge is -2.18. The van der Waals surface area contributed by atoms with Crippen LogP contribution in [0.4, 0.5) is 0 Å². The first kappa shape index (κ1) is 13.5. The van der Waals surface area contributed by atoms with Gasteiger partial charge in [-0.2, -0.15) is 0 Å². The van der Waals surface area contributed by atoms with Gasteiger partial charge in [-0.1, -0.05) is 11.4 Å². The molecule has 0 fully saturated rings. The highest BCUT2D eigenvalue weighted by atomic mass is 32.1. The van der Waals surface area contributed by atoms with Gasteiger partial charge in [-0.15, -0.1) is 5.10 Å². The molecule has 1 rings (SSSR count). The van der Waals surface area contributed by atoms with E-state index < -0.39 is 0 Å². The van der Waals surface area contributed by atoms with Crippen LogP contribution in [0.3, 0.4) is 0 Å². The molecule has 0 aliphatic carbocycles. The van der Waals surface area contributed by atoms with Gasteiger partial charge in [-0.3, -0.25) is 0 Å². The van der Waals surface area contributed by atoms with Gasteiger partial charge in [0.2, 0.25) is 0 Å². The summed E-state index contributed by atoms with van der Waals surface area (Å²) in [5, 5.41) is 4.03. The molecule has 0 atom stereocenters. The van der Waals surface area contributed by atoms with Crippen molar-refractivity contribution in [3.8, 4) is 0 Å². The summed E-state index contributed by atoms with van der Waals surface area (Å²) in [6.07, 6.45) is 1.21. The molecule has 1 aromatic rings. The molecule has 0 unspecified atom stereocenters. The zero-order valence-corrected chi connectivity index (χ0v) is 11.5. The molecule has 0 radical (unpaired) electrons. The Labute approximate surface area is 102 Å². The van der Waals surface area contributed by atoms with Gasteiger partial charge in [0.25, 0.3) is 0 Å². The smallest absolute Gasteiger partial charge is 0.0769 e. The second kappa shape index (κ2) is 6.93. The fraction of sp³-hybridized carbons (Fsp3) is 0.818. The Balaban J connectivity index is 2.21. The third-order valence-corrected chi connectivity index (χ3v) is 3.59. The van der Waals surface area contributed by atoms with Gasteiger partial charge in [-0.25, -0.2) is 0 Å². The van der Waals surface area contributed by atoms with Crippen LogP contribution in [-0.2, 0) is 6.54 Å². The van der Waals surface area contributed by atoms with E-state index >= 15 is 0 Å². The monoisotopic (exact) mass is 242 g/mol. The van der Waals surface area contributed by atoms with E-state index in [-0.39, 0.29) is 0 Å². The second-order valence-electron chi connectivity index (χ2n) is 4.27. The average Bonchev–Trinajstić information content (AvgIpc) is 2.64. The van der Waals surface area contributed by atoms with Gasteiger partial charge in [0, 0.05) is 6.54 Å². The third kappa shape index (κ3) is 4.55. The molecular weight excluding hydrogens is 220 g/mol. The molecule has 0 spiro atoms. The molecule has 0 amide bonds. The number of nitrogens with zero attached hydrogens (tertiary/aromatic N) is 4. The first-order valence-corrected chi connectivity index (χ1v) is 6.55. The van der Waals surface area contributed by atoms with Gasteiger partial charge in [0.1, 0.15) is 0 Å². The molecule has 0 N–H and O–H groups in total. The molecule has 92 valence electrons. The minimum atomic E-state index is 0.972. The van der Waals surface area contributed by atoms with Gasteiger partial charge < -0.3 is 9.80 Å². The number of aryl methyl sites for hydroxylation is 1. The minimum Gasteiger partial charge on any atom is -0.307 e. The van der Waals surface area contributed by atoms with Gasteiger partial charge in [-0.05, 0) is 58.6 Å². The van der Waals surface area contributed by atoms with E-state index in [2.05, 4.69) is 40.4 Å². The summed E-state index contributed by atoms with van der Waals surface area (Å²) in [7, 11) is 4.32. The van der Waals surface area contributed by atoms with Crippen molar-refractivity contribution in [2.24, 2.45) is 0 Å². The Morgan fingerprint density at radius 1 is 1.19 bits per heavy atom. The average molecular weight is 242 g/mol. The summed E-state index contributed by atoms with van der Waals surface area (Å²) in [6.45, 7) is 8.61. The van der Waals surface area contributed by atoms with Crippen LogP contribution in [0.5, 0.6) is 0 Å². The largest absolute Gasteiger partial charge is 0.307 e. The predicted octanol–water partition coefficient (Wildman–Crippen LogP) is 1.62. The standard InChI is InChI=1S/C11H22N4S/c1-5-14(3)7-6-8-15(4)9-11-10(2)12-13-16-11/h5-9H2,1-4H3. The molecule has 0 saturated heterocycles. The highest BCUT2D eigenvalue weighted by Crippen LogP contribution is 2.11. The van der Waals surface area contributed by atoms with Gasteiger partial charge in [0.15, 0.2) is 0 Å². The predicted molar refractivity (Wildman–Crippen MR) is 68.8 cm³/mol. The lowest BCUT2D eigenvalue weighted by molar-refractivity contribution is 0.281. The van der Waals surface area contributed by atoms with Crippen molar-refractivity contribution in [2.45, 2.75) is 26.8 Å². The van der Waals surface area contributed by atoms with E-state index in [0.29, 0.717) is 0 Å². The van der Waals surface area contributed by atoms with Crippen molar-refractivity contribution < 1.29 is 0 Å². The van der Waals surface area contributed by atoms with Crippen LogP contribution in [0.2, 0.25) is 0 Å². The summed E-state index contributed by atoms with van der Waals surface area (Å²) < 4.78 is 3.95. The molecule has 0 aromatic carbocycles. The van der Waals surface area contributed by atoms with Crippen LogP contribution in [0, 0.1) is 6.92 Å². The zero-order valence-electron chi connectivity index (χ0n) is 10.7. The molecule has 0 bridgehead atoms. The van der Waals surface area contributed by atoms with Crippen molar-refractivity contribution in [3.05, 3.63) is 10.6 Å². The molecule has 1 aromatic heterocycles. The number of rotatable bonds is 7. The molecule has 0 aliphatic heterocycles. The van der Waals surface area contributed by atoms with E-state index in [1.165, 1.54) is 29.4 Å². The quantitative estimate of drug-likeness (QED) is 0.727. The molecular formula is C11H22N4S. The minimum absolute atomic E-state index is 0.972. The summed E-state index contributed by atoms with van der Waals surface area (Å²) in [6, 6.07) is 0. The second-order valence-corrected chi connectivity index (χ2v) is 5.11. The van der Waals surface area contributed by atoms with Crippen LogP contribution in [-0.4, -0.2) is 53.1 Å². The Kier molecular flexibility index (Phi) is 5.87. The van der Waals surface area contributed by atoms with Crippen LogP contribution in [0.15, 0.2) is 0 Å². The van der Waals surface area contributed by atoms with E-state index in [4.69, 9.17) is 0 Å². The first-order chi connectivity index (χ1) is 7.63. The lowest BCUT2D eigenvalue weighted by Crippen LogP contribution is -2.25. The number of hydrogen-bond acceptors (Lipinski definition) is 5. The Morgan fingerprint density at radius 2 is 1.88 bits per heavy atom. The molecule has 5 heteroatoms. The molecule has 4 nitrogen and oxygen atoms in total. The van der Waals surface area contributed by atoms with E-state index in [0.717, 1.165) is 25.3 Å². The van der Waals surface area contributed by atoms with Crippen molar-refractivity contribution in [1.82, 2.24) is 19.4 Å². The Hall–Kier alpha value is -0.520.